The smallest absolute Gasteiger partial charge is 0.481 e. The van der Waals surface area contributed by atoms with Gasteiger partial charge < -0.3 is 19.9 Å². The Balaban J connectivity index is 1.38. The molecule has 1 saturated heterocycles. The minimum atomic E-state index is -3.70. The van der Waals surface area contributed by atoms with Gasteiger partial charge in [-0.15, -0.1) is 8.78 Å². The number of hydrogen-bond acceptors (Lipinski definition) is 5. The van der Waals surface area contributed by atoms with Crippen LogP contribution in [0.25, 0.3) is 0 Å². The van der Waals surface area contributed by atoms with Crippen LogP contribution in [0, 0.1) is 11.3 Å². The molecule has 7 nitrogen and oxygen atoms in total. The first-order chi connectivity index (χ1) is 12.3. The van der Waals surface area contributed by atoms with Gasteiger partial charge in [0.15, 0.2) is 11.5 Å². The molecule has 140 valence electrons. The minimum absolute atomic E-state index is 0.0517. The molecule has 1 aromatic rings. The lowest BCUT2D eigenvalue weighted by atomic mass is 9.81. The van der Waals surface area contributed by atoms with Crippen molar-refractivity contribution in [3.8, 4) is 11.5 Å². The van der Waals surface area contributed by atoms with E-state index in [1.807, 2.05) is 4.90 Å². The van der Waals surface area contributed by atoms with Crippen molar-refractivity contribution >= 4 is 17.6 Å². The zero-order valence-electron chi connectivity index (χ0n) is 13.8. The molecule has 3 aliphatic rings. The van der Waals surface area contributed by atoms with E-state index in [1.165, 1.54) is 18.2 Å². The number of likely N-dealkylation sites (tertiary alicyclic amines) is 1. The van der Waals surface area contributed by atoms with Crippen molar-refractivity contribution < 1.29 is 33.0 Å². The highest BCUT2D eigenvalue weighted by Gasteiger charge is 2.54. The molecule has 2 N–H and O–H groups in total. The van der Waals surface area contributed by atoms with E-state index in [9.17, 15) is 23.5 Å². The van der Waals surface area contributed by atoms with Gasteiger partial charge >= 0.3 is 12.3 Å². The number of carboxylic acid groups (broad SMARTS) is 1. The number of carbonyl (C=O) groups excluding carboxylic acids is 1. The Morgan fingerprint density at radius 3 is 2.81 bits per heavy atom. The van der Waals surface area contributed by atoms with Gasteiger partial charge in [0.2, 0.25) is 5.91 Å². The number of ether oxygens (including phenoxy) is 2. The fraction of sp³-hybridized carbons (Fsp3) is 0.529. The van der Waals surface area contributed by atoms with Crippen molar-refractivity contribution in [3.05, 3.63) is 18.2 Å². The van der Waals surface area contributed by atoms with E-state index in [0.717, 1.165) is 12.8 Å². The molecule has 2 atom stereocenters. The highest BCUT2D eigenvalue weighted by molar-refractivity contribution is 5.92. The molecule has 0 aromatic heterocycles. The Bertz CT molecular complexity index is 772. The number of nitrogens with one attached hydrogen (secondary N) is 1. The largest absolute Gasteiger partial charge is 0.586 e. The third-order valence-corrected chi connectivity index (χ3v) is 5.42. The van der Waals surface area contributed by atoms with Gasteiger partial charge in [-0.25, -0.2) is 0 Å². The minimum Gasteiger partial charge on any atom is -0.481 e. The van der Waals surface area contributed by atoms with Gasteiger partial charge in [0, 0.05) is 24.8 Å². The number of alkyl halides is 2. The number of carboxylic acids is 1. The molecule has 0 spiro atoms. The molecule has 1 aromatic carbocycles. The summed E-state index contributed by atoms with van der Waals surface area (Å²) in [6, 6.07) is 4.01. The summed E-state index contributed by atoms with van der Waals surface area (Å²) < 4.78 is 34.7. The van der Waals surface area contributed by atoms with Gasteiger partial charge in [-0.3, -0.25) is 14.5 Å². The van der Waals surface area contributed by atoms with Crippen LogP contribution in [0.15, 0.2) is 18.2 Å². The number of nitrogens with zero attached hydrogens (tertiary/aromatic N) is 1. The average molecular weight is 368 g/mol. The number of amides is 1. The molecular weight excluding hydrogens is 350 g/mol. The van der Waals surface area contributed by atoms with Gasteiger partial charge in [-0.05, 0) is 30.9 Å². The van der Waals surface area contributed by atoms with Crippen LogP contribution < -0.4 is 14.8 Å². The topological polar surface area (TPSA) is 88.1 Å². The van der Waals surface area contributed by atoms with E-state index >= 15 is 0 Å². The van der Waals surface area contributed by atoms with Gasteiger partial charge in [0.1, 0.15) is 0 Å². The Hall–Kier alpha value is -2.42. The van der Waals surface area contributed by atoms with Gasteiger partial charge in [-0.2, -0.15) is 0 Å². The fourth-order valence-electron chi connectivity index (χ4n) is 4.29. The van der Waals surface area contributed by atoms with Crippen LogP contribution in [0.3, 0.4) is 0 Å². The first-order valence-electron chi connectivity index (χ1n) is 8.43. The summed E-state index contributed by atoms with van der Waals surface area (Å²) in [4.78, 5) is 25.8. The normalized spacial score (nSPS) is 28.8. The van der Waals surface area contributed by atoms with Crippen LogP contribution in [0.1, 0.15) is 19.3 Å². The lowest BCUT2D eigenvalue weighted by Crippen LogP contribution is -2.37. The number of rotatable bonds is 4. The summed E-state index contributed by atoms with van der Waals surface area (Å²) in [5.41, 5.74) is -0.438. The van der Waals surface area contributed by atoms with Gasteiger partial charge in [0.05, 0.1) is 12.0 Å². The summed E-state index contributed by atoms with van der Waals surface area (Å²) >= 11 is 0. The van der Waals surface area contributed by atoms with E-state index in [4.69, 9.17) is 0 Å². The highest BCUT2D eigenvalue weighted by Crippen LogP contribution is 2.48. The number of aliphatic carboxylic acids is 1. The molecule has 1 saturated carbocycles. The van der Waals surface area contributed by atoms with Crippen LogP contribution in [-0.2, 0) is 9.59 Å². The van der Waals surface area contributed by atoms with Crippen molar-refractivity contribution in [2.75, 3.05) is 25.0 Å². The van der Waals surface area contributed by atoms with E-state index in [2.05, 4.69) is 14.8 Å². The monoisotopic (exact) mass is 368 g/mol. The van der Waals surface area contributed by atoms with Gasteiger partial charge in [-0.1, -0.05) is 6.42 Å². The number of benzene rings is 1. The predicted molar refractivity (Wildman–Crippen MR) is 85.1 cm³/mol. The zero-order chi connectivity index (χ0) is 18.5. The second kappa shape index (κ2) is 5.80. The third kappa shape index (κ3) is 2.86. The maximum absolute atomic E-state index is 13.0. The van der Waals surface area contributed by atoms with Crippen LogP contribution in [0.5, 0.6) is 11.5 Å². The molecule has 9 heteroatoms. The standard InChI is InChI=1S/C17H18F2N2O5/c18-17(19)25-12-4-3-11(6-13(12)26-17)20-14(22)8-21-7-10-2-1-5-16(10,9-21)15(23)24/h3-4,6,10H,1-2,5,7-9H2,(H,20,22)(H,23,24)/t10-,16+/m0/s1. The number of fused-ring (bicyclic) bond motifs is 2. The summed E-state index contributed by atoms with van der Waals surface area (Å²) in [6.07, 6.45) is -1.30. The Morgan fingerprint density at radius 2 is 2.08 bits per heavy atom. The van der Waals surface area contributed by atoms with E-state index < -0.39 is 17.7 Å². The molecule has 4 rings (SSSR count). The van der Waals surface area contributed by atoms with Crippen LogP contribution in [0.4, 0.5) is 14.5 Å². The maximum atomic E-state index is 13.0. The Morgan fingerprint density at radius 1 is 1.31 bits per heavy atom. The van der Waals surface area contributed by atoms with Crippen molar-refractivity contribution in [3.63, 3.8) is 0 Å². The van der Waals surface area contributed by atoms with Crippen LogP contribution >= 0.6 is 0 Å². The highest BCUT2D eigenvalue weighted by atomic mass is 19.3. The van der Waals surface area contributed by atoms with Gasteiger partial charge in [0.25, 0.3) is 0 Å². The molecule has 1 amide bonds. The molecule has 0 bridgehead atoms. The maximum Gasteiger partial charge on any atom is 0.586 e. The SMILES string of the molecule is O=C(CN1C[C@@H]2CCC[C@@]2(C(=O)O)C1)Nc1ccc2c(c1)OC(F)(F)O2. The molecule has 0 radical (unpaired) electrons. The quantitative estimate of drug-likeness (QED) is 0.847. The number of carbonyl (C=O) groups is 2. The van der Waals surface area contributed by atoms with Crippen molar-refractivity contribution in [1.29, 1.82) is 0 Å². The zero-order valence-corrected chi connectivity index (χ0v) is 13.8. The summed E-state index contributed by atoms with van der Waals surface area (Å²) in [7, 11) is 0. The van der Waals surface area contributed by atoms with E-state index in [-0.39, 0.29) is 29.9 Å². The molecule has 26 heavy (non-hydrogen) atoms. The summed E-state index contributed by atoms with van der Waals surface area (Å²) in [6.45, 7) is 0.983. The lowest BCUT2D eigenvalue weighted by molar-refractivity contribution is -0.286. The average Bonchev–Trinajstić information content (AvgIpc) is 3.15. The molecule has 2 heterocycles. The second-order valence-corrected chi connectivity index (χ2v) is 7.10. The Kier molecular flexibility index (Phi) is 3.80. The number of halogens is 2. The molecular formula is C17H18F2N2O5. The first-order valence-corrected chi connectivity index (χ1v) is 8.43. The predicted octanol–water partition coefficient (Wildman–Crippen LogP) is 2.13. The second-order valence-electron chi connectivity index (χ2n) is 7.10. The third-order valence-electron chi connectivity index (χ3n) is 5.42. The molecule has 2 fully saturated rings. The van der Waals surface area contributed by atoms with Crippen molar-refractivity contribution in [1.82, 2.24) is 4.90 Å². The number of hydrogen-bond donors (Lipinski definition) is 2. The number of anilines is 1. The summed E-state index contributed by atoms with van der Waals surface area (Å²) in [5, 5.41) is 12.2. The molecule has 1 aliphatic carbocycles. The lowest BCUT2D eigenvalue weighted by Gasteiger charge is -2.23. The van der Waals surface area contributed by atoms with Crippen molar-refractivity contribution in [2.24, 2.45) is 11.3 Å². The molecule has 2 aliphatic heterocycles. The Labute approximate surface area is 147 Å². The van der Waals surface area contributed by atoms with E-state index in [0.29, 0.717) is 25.2 Å². The summed E-state index contributed by atoms with van der Waals surface area (Å²) in [5.74, 6) is -1.30. The molecule has 0 unspecified atom stereocenters. The van der Waals surface area contributed by atoms with Crippen LogP contribution in [-0.4, -0.2) is 47.8 Å². The van der Waals surface area contributed by atoms with Crippen LogP contribution in [0.2, 0.25) is 0 Å². The van der Waals surface area contributed by atoms with E-state index in [1.54, 1.807) is 0 Å². The first kappa shape index (κ1) is 17.0. The fourth-order valence-corrected chi connectivity index (χ4v) is 4.29. The van der Waals surface area contributed by atoms with Crippen molar-refractivity contribution in [2.45, 2.75) is 25.6 Å².